The fraction of sp³-hybridized carbons (Fsp3) is 0.353. The number of nitrogens with zero attached hydrogens (tertiary/aromatic N) is 4. The van der Waals surface area contributed by atoms with Gasteiger partial charge in [-0.15, -0.1) is 4.99 Å². The van der Waals surface area contributed by atoms with E-state index in [0.717, 1.165) is 21.7 Å². The number of aliphatic imine (C=N–C) groups is 1. The number of anilines is 1. The van der Waals surface area contributed by atoms with Gasteiger partial charge in [-0.05, 0) is 25.5 Å². The van der Waals surface area contributed by atoms with Crippen LogP contribution in [0.15, 0.2) is 23.2 Å². The lowest BCUT2D eigenvalue weighted by atomic mass is 10.1. The number of likely N-dealkylation sites (N-methyl/N-ethyl adjacent to an activating group) is 2. The van der Waals surface area contributed by atoms with Gasteiger partial charge in [0.05, 0.1) is 7.05 Å². The van der Waals surface area contributed by atoms with E-state index in [0.29, 0.717) is 5.84 Å². The number of hydrogen-bond donors (Lipinski definition) is 1. The van der Waals surface area contributed by atoms with E-state index in [4.69, 9.17) is 0 Å². The van der Waals surface area contributed by atoms with Crippen molar-refractivity contribution in [3.63, 3.8) is 0 Å². The maximum absolute atomic E-state index is 12.4. The molecule has 0 radical (unpaired) electrons. The van der Waals surface area contributed by atoms with Crippen LogP contribution < -0.4 is 5.32 Å². The van der Waals surface area contributed by atoms with Crippen LogP contribution in [-0.4, -0.2) is 71.1 Å². The molecule has 2 aliphatic heterocycles. The molecule has 1 N–H and O–H groups in total. The van der Waals surface area contributed by atoms with Gasteiger partial charge in [0.2, 0.25) is 6.34 Å². The van der Waals surface area contributed by atoms with Crippen molar-refractivity contribution in [2.45, 2.75) is 19.9 Å². The highest BCUT2D eigenvalue weighted by atomic mass is 16.2. The molecule has 0 spiro atoms. The number of urea groups is 1. The van der Waals surface area contributed by atoms with Gasteiger partial charge in [-0.2, -0.15) is 0 Å². The molecule has 0 aliphatic carbocycles. The molecule has 1 atom stereocenters. The molecular formula is C17H20N5O3+. The van der Waals surface area contributed by atoms with Crippen molar-refractivity contribution in [2.75, 3.05) is 26.0 Å². The van der Waals surface area contributed by atoms with E-state index in [1.54, 1.807) is 7.05 Å². The molecule has 8 heteroatoms. The standard InChI is InChI=1S/C17H19N5O3/c1-10-5-6-12(11(2)7-10)19-13(23)8-22-9-18-14-15(22)20(3)17(25)21(4)16(14)24/h5-7,9,14H,8H2,1-4H3/p+1. The third kappa shape index (κ3) is 2.90. The van der Waals surface area contributed by atoms with Crippen molar-refractivity contribution in [1.82, 2.24) is 9.80 Å². The zero-order valence-electron chi connectivity index (χ0n) is 14.6. The minimum absolute atomic E-state index is 0.0305. The Bertz CT molecular complexity index is 843. The second-order valence-electron chi connectivity index (χ2n) is 6.26. The minimum atomic E-state index is -0.776. The quantitative estimate of drug-likeness (QED) is 0.816. The molecule has 1 saturated heterocycles. The molecule has 0 bridgehead atoms. The third-order valence-corrected chi connectivity index (χ3v) is 4.35. The Balaban J connectivity index is 1.80. The predicted molar refractivity (Wildman–Crippen MR) is 92.9 cm³/mol. The Morgan fingerprint density at radius 3 is 2.64 bits per heavy atom. The second kappa shape index (κ2) is 6.12. The van der Waals surface area contributed by atoms with E-state index < -0.39 is 18.0 Å². The SMILES string of the molecule is Cc1ccc(NC(=O)C[N+]2=C3C(N=C2)C(=O)N(C)C(=O)N3C)c(C)c1. The van der Waals surface area contributed by atoms with E-state index in [1.165, 1.54) is 22.9 Å². The Morgan fingerprint density at radius 2 is 1.96 bits per heavy atom. The van der Waals surface area contributed by atoms with Gasteiger partial charge in [0, 0.05) is 12.7 Å². The molecule has 8 nitrogen and oxygen atoms in total. The monoisotopic (exact) mass is 342 g/mol. The van der Waals surface area contributed by atoms with Crippen molar-refractivity contribution >= 4 is 35.7 Å². The summed E-state index contributed by atoms with van der Waals surface area (Å²) in [6.45, 7) is 3.88. The van der Waals surface area contributed by atoms with Crippen LogP contribution >= 0.6 is 0 Å². The van der Waals surface area contributed by atoms with Crippen molar-refractivity contribution in [3.05, 3.63) is 29.3 Å². The van der Waals surface area contributed by atoms with Crippen LogP contribution in [0.3, 0.4) is 0 Å². The van der Waals surface area contributed by atoms with Gasteiger partial charge < -0.3 is 5.32 Å². The molecule has 1 fully saturated rings. The molecule has 3 rings (SSSR count). The summed E-state index contributed by atoms with van der Waals surface area (Å²) in [6, 6.07) is 4.54. The molecule has 2 heterocycles. The second-order valence-corrected chi connectivity index (χ2v) is 6.26. The lowest BCUT2D eigenvalue weighted by Crippen LogP contribution is -2.60. The first-order valence-corrected chi connectivity index (χ1v) is 7.88. The number of rotatable bonds is 3. The lowest BCUT2D eigenvalue weighted by molar-refractivity contribution is -0.387. The Hall–Kier alpha value is -3.03. The van der Waals surface area contributed by atoms with Crippen molar-refractivity contribution in [2.24, 2.45) is 4.99 Å². The molecule has 130 valence electrons. The van der Waals surface area contributed by atoms with Crippen LogP contribution in [0.1, 0.15) is 11.1 Å². The summed E-state index contributed by atoms with van der Waals surface area (Å²) in [7, 11) is 2.99. The average Bonchev–Trinajstić information content (AvgIpc) is 2.97. The number of hydrogen-bond acceptors (Lipinski definition) is 4. The zero-order chi connectivity index (χ0) is 18.3. The van der Waals surface area contributed by atoms with Crippen molar-refractivity contribution in [3.8, 4) is 0 Å². The highest BCUT2D eigenvalue weighted by molar-refractivity contribution is 6.20. The number of aryl methyl sites for hydroxylation is 2. The van der Waals surface area contributed by atoms with E-state index in [2.05, 4.69) is 10.3 Å². The van der Waals surface area contributed by atoms with Crippen LogP contribution in [0, 0.1) is 13.8 Å². The maximum Gasteiger partial charge on any atom is 0.388 e. The topological polar surface area (TPSA) is 85.1 Å². The van der Waals surface area contributed by atoms with Crippen LogP contribution in [0.5, 0.6) is 0 Å². The summed E-state index contributed by atoms with van der Waals surface area (Å²) in [5.41, 5.74) is 2.82. The van der Waals surface area contributed by atoms with Crippen LogP contribution in [0.25, 0.3) is 0 Å². The Labute approximate surface area is 145 Å². The van der Waals surface area contributed by atoms with E-state index in [1.807, 2.05) is 32.0 Å². The van der Waals surface area contributed by atoms with Gasteiger partial charge in [0.25, 0.3) is 23.7 Å². The molecule has 25 heavy (non-hydrogen) atoms. The summed E-state index contributed by atoms with van der Waals surface area (Å²) in [6.07, 6.45) is 1.43. The number of carbonyl (C=O) groups excluding carboxylic acids is 3. The molecule has 1 unspecified atom stereocenters. The summed E-state index contributed by atoms with van der Waals surface area (Å²) in [5.74, 6) is -0.241. The van der Waals surface area contributed by atoms with E-state index in [-0.39, 0.29) is 12.5 Å². The average molecular weight is 342 g/mol. The number of nitrogens with one attached hydrogen (secondary N) is 1. The smallest absolute Gasteiger partial charge is 0.323 e. The number of carbonyl (C=O) groups is 3. The molecule has 0 aromatic heterocycles. The normalized spacial score (nSPS) is 19.6. The fourth-order valence-corrected chi connectivity index (χ4v) is 3.00. The molecule has 1 aromatic rings. The number of fused-ring (bicyclic) bond motifs is 1. The largest absolute Gasteiger partial charge is 0.388 e. The number of amides is 4. The van der Waals surface area contributed by atoms with Crippen LogP contribution in [0.4, 0.5) is 10.5 Å². The van der Waals surface area contributed by atoms with E-state index in [9.17, 15) is 14.4 Å². The fourth-order valence-electron chi connectivity index (χ4n) is 3.00. The summed E-state index contributed by atoms with van der Waals surface area (Å²) in [4.78, 5) is 43.2. The van der Waals surface area contributed by atoms with Gasteiger partial charge in [0.1, 0.15) is 0 Å². The maximum atomic E-state index is 12.4. The molecule has 2 aliphatic rings. The molecular weight excluding hydrogens is 322 g/mol. The molecule has 4 amide bonds. The van der Waals surface area contributed by atoms with Gasteiger partial charge in [-0.3, -0.25) is 14.5 Å². The number of benzene rings is 1. The van der Waals surface area contributed by atoms with Crippen molar-refractivity contribution in [1.29, 1.82) is 0 Å². The van der Waals surface area contributed by atoms with Gasteiger partial charge in [-0.25, -0.2) is 14.3 Å². The number of imide groups is 1. The number of amidine groups is 1. The Morgan fingerprint density at radius 1 is 1.24 bits per heavy atom. The zero-order valence-corrected chi connectivity index (χ0v) is 14.6. The van der Waals surface area contributed by atoms with Gasteiger partial charge >= 0.3 is 6.03 Å². The van der Waals surface area contributed by atoms with Crippen LogP contribution in [0.2, 0.25) is 0 Å². The Kier molecular flexibility index (Phi) is 4.12. The van der Waals surface area contributed by atoms with Gasteiger partial charge in [-0.1, -0.05) is 17.7 Å². The predicted octanol–water partition coefficient (Wildman–Crippen LogP) is 0.587. The lowest BCUT2D eigenvalue weighted by Gasteiger charge is -2.27. The third-order valence-electron chi connectivity index (χ3n) is 4.35. The summed E-state index contributed by atoms with van der Waals surface area (Å²) >= 11 is 0. The molecule has 0 saturated carbocycles. The highest BCUT2D eigenvalue weighted by Gasteiger charge is 2.50. The van der Waals surface area contributed by atoms with Crippen LogP contribution in [-0.2, 0) is 9.59 Å². The van der Waals surface area contributed by atoms with E-state index >= 15 is 0 Å². The van der Waals surface area contributed by atoms with Crippen molar-refractivity contribution < 1.29 is 19.0 Å². The first kappa shape index (κ1) is 16.8. The first-order chi connectivity index (χ1) is 11.8. The summed E-state index contributed by atoms with van der Waals surface area (Å²) in [5, 5.41) is 2.85. The molecule has 1 aromatic carbocycles. The minimum Gasteiger partial charge on any atom is -0.323 e. The van der Waals surface area contributed by atoms with Gasteiger partial charge in [0.15, 0.2) is 6.54 Å². The first-order valence-electron chi connectivity index (χ1n) is 7.88. The highest BCUT2D eigenvalue weighted by Crippen LogP contribution is 2.18. The summed E-state index contributed by atoms with van der Waals surface area (Å²) < 4.78 is 1.53.